The van der Waals surface area contributed by atoms with Crippen LogP contribution in [0.1, 0.15) is 43.2 Å². The molecule has 3 fully saturated rings. The van der Waals surface area contributed by atoms with E-state index in [1.165, 1.54) is 12.1 Å². The molecule has 0 aliphatic carbocycles. The molecule has 0 saturated carbocycles. The van der Waals surface area contributed by atoms with Gasteiger partial charge in [-0.15, -0.1) is 0 Å². The van der Waals surface area contributed by atoms with E-state index in [2.05, 4.69) is 10.2 Å². The molecule has 3 saturated heterocycles. The Morgan fingerprint density at radius 2 is 1.73 bits per heavy atom. The lowest BCUT2D eigenvalue weighted by Crippen LogP contribution is -2.56. The Hall–Kier alpha value is -3.24. The number of carbonyl (C=O) groups excluding carboxylic acids is 3. The number of nitrogens with one attached hydrogen (secondary N) is 1. The van der Waals surface area contributed by atoms with E-state index in [1.54, 1.807) is 17.0 Å². The maximum Gasteiger partial charge on any atom is 0.253 e. The van der Waals surface area contributed by atoms with Gasteiger partial charge in [0.05, 0.1) is 17.2 Å². The van der Waals surface area contributed by atoms with Crippen molar-refractivity contribution in [2.24, 2.45) is 5.92 Å². The van der Waals surface area contributed by atoms with E-state index in [9.17, 15) is 22.8 Å². The number of anilines is 1. The van der Waals surface area contributed by atoms with Gasteiger partial charge in [0.1, 0.15) is 5.54 Å². The molecule has 3 amide bonds. The standard InChI is InChI=1S/C30H36N4O5S/c1-40(38,39)23-12-10-21(11-13-23)19-27(35)32-15-5-14-31-28(36)25-20-22-7-4-18-34(22)30(25)24-8-2-3-9-26(24)33(29(30)37)17-6-16-32/h2-3,8-13,22,25H,4-7,14-20H2,1H3,(H,31,36)/t22-,25+,30+/m0/s1. The molecule has 1 N–H and O–H groups in total. The molecular formula is C30H36N4O5S. The summed E-state index contributed by atoms with van der Waals surface area (Å²) in [7, 11) is -3.30. The number of carbonyl (C=O) groups is 3. The third-order valence-electron chi connectivity index (χ3n) is 9.11. The van der Waals surface area contributed by atoms with E-state index in [4.69, 9.17) is 0 Å². The van der Waals surface area contributed by atoms with Crippen LogP contribution in [0.4, 0.5) is 5.69 Å². The Kier molecular flexibility index (Phi) is 6.94. The summed E-state index contributed by atoms with van der Waals surface area (Å²) in [6, 6.07) is 14.6. The lowest BCUT2D eigenvalue weighted by molar-refractivity contribution is -0.138. The summed E-state index contributed by atoms with van der Waals surface area (Å²) in [6.07, 6.45) is 5.27. The summed E-state index contributed by atoms with van der Waals surface area (Å²) in [4.78, 5) is 47.6. The van der Waals surface area contributed by atoms with E-state index >= 15 is 0 Å². The van der Waals surface area contributed by atoms with Gasteiger partial charge in [-0.1, -0.05) is 30.3 Å². The number of hydrogen-bond donors (Lipinski definition) is 1. The number of nitrogens with zero attached hydrogens (tertiary/aromatic N) is 3. The van der Waals surface area contributed by atoms with Crippen molar-refractivity contribution in [3.8, 4) is 0 Å². The van der Waals surface area contributed by atoms with Gasteiger partial charge in [-0.05, 0) is 62.4 Å². The Morgan fingerprint density at radius 1 is 0.975 bits per heavy atom. The van der Waals surface area contributed by atoms with E-state index in [0.717, 1.165) is 42.5 Å². The molecule has 9 nitrogen and oxygen atoms in total. The first kappa shape index (κ1) is 27.0. The average molecular weight is 565 g/mol. The van der Waals surface area contributed by atoms with Crippen molar-refractivity contribution in [3.05, 3.63) is 59.7 Å². The molecule has 0 unspecified atom stereocenters. The number of sulfone groups is 1. The smallest absolute Gasteiger partial charge is 0.253 e. The molecule has 2 aromatic carbocycles. The third-order valence-corrected chi connectivity index (χ3v) is 10.2. The van der Waals surface area contributed by atoms with Gasteiger partial charge in [0.2, 0.25) is 11.8 Å². The molecule has 4 heterocycles. The lowest BCUT2D eigenvalue weighted by Gasteiger charge is -2.37. The van der Waals surface area contributed by atoms with Gasteiger partial charge in [-0.3, -0.25) is 19.3 Å². The number of para-hydroxylation sites is 1. The highest BCUT2D eigenvalue weighted by molar-refractivity contribution is 7.90. The zero-order chi connectivity index (χ0) is 28.1. The fourth-order valence-corrected chi connectivity index (χ4v) is 7.94. The van der Waals surface area contributed by atoms with Crippen LogP contribution in [0.15, 0.2) is 53.4 Å². The van der Waals surface area contributed by atoms with Crippen molar-refractivity contribution in [2.45, 2.75) is 55.0 Å². The van der Waals surface area contributed by atoms with Crippen molar-refractivity contribution in [1.82, 2.24) is 15.1 Å². The molecule has 4 aliphatic rings. The minimum absolute atomic E-state index is 0.0126. The first-order chi connectivity index (χ1) is 19.2. The van der Waals surface area contributed by atoms with Gasteiger partial charge in [-0.2, -0.15) is 0 Å². The molecule has 1 spiro atoms. The lowest BCUT2D eigenvalue weighted by atomic mass is 9.78. The van der Waals surface area contributed by atoms with Crippen LogP contribution < -0.4 is 10.2 Å². The quantitative estimate of drug-likeness (QED) is 0.612. The van der Waals surface area contributed by atoms with Gasteiger partial charge < -0.3 is 15.1 Å². The third kappa shape index (κ3) is 4.41. The van der Waals surface area contributed by atoms with E-state index in [-0.39, 0.29) is 35.1 Å². The van der Waals surface area contributed by atoms with Crippen molar-refractivity contribution in [2.75, 3.05) is 43.9 Å². The van der Waals surface area contributed by atoms with Crippen molar-refractivity contribution >= 4 is 33.2 Å². The zero-order valence-corrected chi connectivity index (χ0v) is 23.7. The second-order valence-corrected chi connectivity index (χ2v) is 13.5. The van der Waals surface area contributed by atoms with Crippen LogP contribution in [0.3, 0.4) is 0 Å². The summed E-state index contributed by atoms with van der Waals surface area (Å²) < 4.78 is 23.6. The van der Waals surface area contributed by atoms with E-state index in [0.29, 0.717) is 45.4 Å². The Balaban J connectivity index is 1.25. The number of rotatable bonds is 3. The molecule has 3 atom stereocenters. The monoisotopic (exact) mass is 564 g/mol. The molecule has 40 heavy (non-hydrogen) atoms. The highest BCUT2D eigenvalue weighted by Gasteiger charge is 2.67. The molecule has 0 aromatic heterocycles. The highest BCUT2D eigenvalue weighted by atomic mass is 32.2. The molecule has 6 rings (SSSR count). The maximum atomic E-state index is 14.4. The number of benzene rings is 2. The average Bonchev–Trinajstić information content (AvgIpc) is 3.58. The van der Waals surface area contributed by atoms with Crippen LogP contribution in [-0.2, 0) is 36.2 Å². The summed E-state index contributed by atoms with van der Waals surface area (Å²) >= 11 is 0. The maximum absolute atomic E-state index is 14.4. The summed E-state index contributed by atoms with van der Waals surface area (Å²) in [5, 5.41) is 3.11. The van der Waals surface area contributed by atoms with Crippen LogP contribution >= 0.6 is 0 Å². The molecular weight excluding hydrogens is 528 g/mol. The summed E-state index contributed by atoms with van der Waals surface area (Å²) in [6.45, 7) is 2.70. The Bertz CT molecular complexity index is 1440. The van der Waals surface area contributed by atoms with Crippen molar-refractivity contribution in [3.63, 3.8) is 0 Å². The molecule has 212 valence electrons. The van der Waals surface area contributed by atoms with Crippen LogP contribution in [0.2, 0.25) is 0 Å². The Morgan fingerprint density at radius 3 is 2.50 bits per heavy atom. The van der Waals surface area contributed by atoms with Crippen LogP contribution in [0.5, 0.6) is 0 Å². The van der Waals surface area contributed by atoms with E-state index < -0.39 is 21.3 Å². The Labute approximate surface area is 235 Å². The fraction of sp³-hybridized carbons (Fsp3) is 0.500. The first-order valence-electron chi connectivity index (χ1n) is 14.2. The molecule has 0 radical (unpaired) electrons. The molecule has 4 aliphatic heterocycles. The first-order valence-corrected chi connectivity index (χ1v) is 16.1. The number of fused-ring (bicyclic) bond motifs is 4. The predicted molar refractivity (Wildman–Crippen MR) is 150 cm³/mol. The topological polar surface area (TPSA) is 107 Å². The minimum Gasteiger partial charge on any atom is -0.356 e. The second kappa shape index (κ2) is 10.3. The SMILES string of the molecule is CS(=O)(=O)c1ccc(CC(=O)N2CCCNC(=O)[C@H]3C[C@@H]4CCCN4[C@@]34C(=O)N(CCC2)c2ccccc24)cc1. The zero-order valence-electron chi connectivity index (χ0n) is 22.8. The van der Waals surface area contributed by atoms with Crippen LogP contribution in [-0.4, -0.2) is 81.0 Å². The number of hydrogen-bond acceptors (Lipinski definition) is 6. The second-order valence-electron chi connectivity index (χ2n) is 11.5. The van der Waals surface area contributed by atoms with Crippen LogP contribution in [0.25, 0.3) is 0 Å². The molecule has 10 heteroatoms. The fourth-order valence-electron chi connectivity index (χ4n) is 7.31. The van der Waals surface area contributed by atoms with E-state index in [1.807, 2.05) is 29.2 Å². The predicted octanol–water partition coefficient (Wildman–Crippen LogP) is 2.10. The van der Waals surface area contributed by atoms with Gasteiger partial charge in [0.25, 0.3) is 5.91 Å². The van der Waals surface area contributed by atoms with Gasteiger partial charge in [0.15, 0.2) is 9.84 Å². The van der Waals surface area contributed by atoms with Gasteiger partial charge >= 0.3 is 0 Å². The normalized spacial score (nSPS) is 27.2. The number of amides is 3. The van der Waals surface area contributed by atoms with Crippen molar-refractivity contribution in [1.29, 1.82) is 0 Å². The van der Waals surface area contributed by atoms with Gasteiger partial charge in [-0.25, -0.2) is 8.42 Å². The summed E-state index contributed by atoms with van der Waals surface area (Å²) in [5.41, 5.74) is 1.60. The molecule has 2 aromatic rings. The van der Waals surface area contributed by atoms with Crippen molar-refractivity contribution < 1.29 is 22.8 Å². The minimum atomic E-state index is -3.30. The van der Waals surface area contributed by atoms with Gasteiger partial charge in [0, 0.05) is 49.7 Å². The largest absolute Gasteiger partial charge is 0.356 e. The molecule has 2 bridgehead atoms. The van der Waals surface area contributed by atoms with Crippen LogP contribution in [0, 0.1) is 5.92 Å². The highest BCUT2D eigenvalue weighted by Crippen LogP contribution is 2.57. The summed E-state index contributed by atoms with van der Waals surface area (Å²) in [5.74, 6) is -0.594.